The quantitative estimate of drug-likeness (QED) is 0.660. The first kappa shape index (κ1) is 17.9. The minimum Gasteiger partial charge on any atom is -0.300 e. The summed E-state index contributed by atoms with van der Waals surface area (Å²) >= 11 is 0. The number of likely N-dealkylation sites (N-methyl/N-ethyl adjacent to an activating group) is 1. The van der Waals surface area contributed by atoms with E-state index in [2.05, 4.69) is 5.10 Å². The molecule has 2 aliphatic rings. The van der Waals surface area contributed by atoms with Crippen LogP contribution in [-0.2, 0) is 23.7 Å². The number of hydrogen-bond donors (Lipinski definition) is 0. The molecule has 1 fully saturated rings. The van der Waals surface area contributed by atoms with Crippen LogP contribution in [0.5, 0.6) is 0 Å². The van der Waals surface area contributed by atoms with E-state index in [1.165, 1.54) is 23.7 Å². The van der Waals surface area contributed by atoms with Crippen molar-refractivity contribution in [3.05, 3.63) is 62.4 Å². The molecule has 0 bridgehead atoms. The summed E-state index contributed by atoms with van der Waals surface area (Å²) in [6, 6.07) is 8.16. The Bertz CT molecular complexity index is 1160. The first-order valence-electron chi connectivity index (χ1n) is 8.77. The van der Waals surface area contributed by atoms with Crippen LogP contribution in [-0.4, -0.2) is 44.6 Å². The average Bonchev–Trinajstić information content (AvgIpc) is 3.19. The van der Waals surface area contributed by atoms with E-state index in [-0.39, 0.29) is 17.2 Å². The molecular formula is C19H19N5O4. The van der Waals surface area contributed by atoms with Crippen molar-refractivity contribution in [2.45, 2.75) is 13.0 Å². The van der Waals surface area contributed by atoms with Crippen molar-refractivity contribution in [3.63, 3.8) is 0 Å². The smallest absolute Gasteiger partial charge is 0.300 e. The summed E-state index contributed by atoms with van der Waals surface area (Å²) in [6.45, 7) is 1.63. The first-order chi connectivity index (χ1) is 13.3. The maximum Gasteiger partial charge on any atom is 0.330 e. The Morgan fingerprint density at radius 2 is 1.54 bits per heavy atom. The number of imide groups is 1. The van der Waals surface area contributed by atoms with Crippen molar-refractivity contribution in [2.75, 3.05) is 12.1 Å². The van der Waals surface area contributed by atoms with Gasteiger partial charge < -0.3 is 4.57 Å². The molecule has 1 aromatic carbocycles. The normalized spacial score (nSPS) is 21.4. The number of amides is 2. The first-order valence-corrected chi connectivity index (χ1v) is 8.77. The number of hydrogen-bond acceptors (Lipinski definition) is 6. The number of rotatable bonds is 2. The molecule has 0 N–H and O–H groups in total. The summed E-state index contributed by atoms with van der Waals surface area (Å²) in [5.41, 5.74) is 0.424. The van der Waals surface area contributed by atoms with E-state index < -0.39 is 29.1 Å². The lowest BCUT2D eigenvalue weighted by atomic mass is 9.92. The van der Waals surface area contributed by atoms with Gasteiger partial charge in [-0.2, -0.15) is 5.10 Å². The van der Waals surface area contributed by atoms with Gasteiger partial charge in [0.15, 0.2) is 0 Å². The van der Waals surface area contributed by atoms with Crippen molar-refractivity contribution in [3.8, 4) is 0 Å². The molecule has 1 aromatic heterocycles. The van der Waals surface area contributed by atoms with E-state index >= 15 is 0 Å². The van der Waals surface area contributed by atoms with Crippen LogP contribution in [0.25, 0.3) is 0 Å². The fraction of sp³-hybridized carbons (Fsp3) is 0.316. The van der Waals surface area contributed by atoms with Gasteiger partial charge in [0.1, 0.15) is 12.0 Å². The largest absolute Gasteiger partial charge is 0.330 e. The van der Waals surface area contributed by atoms with Crippen molar-refractivity contribution >= 4 is 23.2 Å². The fourth-order valence-corrected chi connectivity index (χ4v) is 3.79. The van der Waals surface area contributed by atoms with Gasteiger partial charge in [0.05, 0.1) is 17.0 Å². The van der Waals surface area contributed by atoms with Gasteiger partial charge in [0, 0.05) is 26.8 Å². The zero-order chi connectivity index (χ0) is 20.3. The Labute approximate surface area is 160 Å². The predicted octanol–water partition coefficient (Wildman–Crippen LogP) is -0.400. The summed E-state index contributed by atoms with van der Waals surface area (Å²) in [5.74, 6) is -1.69. The van der Waals surface area contributed by atoms with E-state index in [1.54, 1.807) is 38.2 Å². The molecule has 4 rings (SSSR count). The predicted molar refractivity (Wildman–Crippen MR) is 102 cm³/mol. The monoisotopic (exact) mass is 381 g/mol. The number of nitrogens with zero attached hydrogens (tertiary/aromatic N) is 5. The second kappa shape index (κ2) is 6.01. The Balaban J connectivity index is 2.00. The number of benzene rings is 1. The highest BCUT2D eigenvalue weighted by Crippen LogP contribution is 2.36. The van der Waals surface area contributed by atoms with E-state index in [0.29, 0.717) is 11.4 Å². The van der Waals surface area contributed by atoms with Crippen LogP contribution in [0.3, 0.4) is 0 Å². The van der Waals surface area contributed by atoms with E-state index in [9.17, 15) is 19.2 Å². The maximum absolute atomic E-state index is 12.9. The van der Waals surface area contributed by atoms with Crippen LogP contribution >= 0.6 is 0 Å². The summed E-state index contributed by atoms with van der Waals surface area (Å²) < 4.78 is 2.32. The molecule has 28 heavy (non-hydrogen) atoms. The summed E-state index contributed by atoms with van der Waals surface area (Å²) in [5, 5.41) is 6.03. The Kier molecular flexibility index (Phi) is 3.84. The average molecular weight is 381 g/mol. The molecular weight excluding hydrogens is 362 g/mol. The summed E-state index contributed by atoms with van der Waals surface area (Å²) in [6.07, 6.45) is 0. The van der Waals surface area contributed by atoms with Crippen LogP contribution in [0.1, 0.15) is 11.3 Å². The number of anilines is 1. The third-order valence-corrected chi connectivity index (χ3v) is 5.50. The molecule has 0 radical (unpaired) electrons. The number of fused-ring (bicyclic) bond motifs is 1. The topological polar surface area (TPSA) is 97.0 Å². The molecule has 2 aliphatic heterocycles. The van der Waals surface area contributed by atoms with E-state index in [4.69, 9.17) is 0 Å². The molecule has 2 unspecified atom stereocenters. The van der Waals surface area contributed by atoms with Crippen LogP contribution in [0.2, 0.25) is 0 Å². The van der Waals surface area contributed by atoms with E-state index in [1.807, 2.05) is 6.07 Å². The van der Waals surface area contributed by atoms with Crippen LogP contribution < -0.4 is 16.3 Å². The number of carbonyl (C=O) groups excluding carboxylic acids is 2. The minimum atomic E-state index is -0.901. The van der Waals surface area contributed by atoms with Gasteiger partial charge >= 0.3 is 5.69 Å². The molecule has 0 spiro atoms. The third-order valence-electron chi connectivity index (χ3n) is 5.50. The number of likely N-dealkylation sites (tertiary alicyclic amines) is 1. The lowest BCUT2D eigenvalue weighted by Crippen LogP contribution is -2.43. The number of para-hydroxylation sites is 1. The molecule has 2 amide bonds. The molecule has 0 aliphatic carbocycles. The van der Waals surface area contributed by atoms with Gasteiger partial charge in [-0.25, -0.2) is 4.79 Å². The number of aromatic nitrogens is 2. The SMILES string of the molecule is Cc1c(C2=NN(c3ccccc3)C3C(=O)N(C)C(=O)C23)c(=O)n(C)c(=O)n1C. The lowest BCUT2D eigenvalue weighted by Gasteiger charge is -2.20. The summed E-state index contributed by atoms with van der Waals surface area (Å²) in [7, 11) is 4.36. The second-order valence-corrected chi connectivity index (χ2v) is 6.99. The molecule has 1 saturated heterocycles. The van der Waals surface area contributed by atoms with Gasteiger partial charge in [-0.05, 0) is 19.1 Å². The molecule has 9 nitrogen and oxygen atoms in total. The van der Waals surface area contributed by atoms with Crippen molar-refractivity contribution in [1.82, 2.24) is 14.0 Å². The third kappa shape index (κ3) is 2.22. The van der Waals surface area contributed by atoms with Gasteiger partial charge in [-0.3, -0.25) is 28.9 Å². The van der Waals surface area contributed by atoms with Crippen molar-refractivity contribution in [2.24, 2.45) is 25.1 Å². The Morgan fingerprint density at radius 3 is 2.18 bits per heavy atom. The van der Waals surface area contributed by atoms with Gasteiger partial charge in [-0.1, -0.05) is 18.2 Å². The highest BCUT2D eigenvalue weighted by Gasteiger charge is 2.56. The molecule has 2 aromatic rings. The minimum absolute atomic E-state index is 0.175. The van der Waals surface area contributed by atoms with Crippen LogP contribution in [0.15, 0.2) is 45.0 Å². The van der Waals surface area contributed by atoms with Gasteiger partial charge in [0.2, 0.25) is 5.91 Å². The fourth-order valence-electron chi connectivity index (χ4n) is 3.79. The van der Waals surface area contributed by atoms with Gasteiger partial charge in [-0.15, -0.1) is 0 Å². The van der Waals surface area contributed by atoms with Gasteiger partial charge in [0.25, 0.3) is 11.5 Å². The number of carbonyl (C=O) groups is 2. The van der Waals surface area contributed by atoms with Crippen LogP contribution in [0, 0.1) is 12.8 Å². The molecule has 0 saturated carbocycles. The summed E-state index contributed by atoms with van der Waals surface area (Å²) in [4.78, 5) is 51.8. The highest BCUT2D eigenvalue weighted by atomic mass is 16.2. The zero-order valence-corrected chi connectivity index (χ0v) is 15.9. The molecule has 2 atom stereocenters. The van der Waals surface area contributed by atoms with Crippen LogP contribution in [0.4, 0.5) is 5.69 Å². The zero-order valence-electron chi connectivity index (χ0n) is 15.9. The maximum atomic E-state index is 12.9. The van der Waals surface area contributed by atoms with E-state index in [0.717, 1.165) is 9.47 Å². The van der Waals surface area contributed by atoms with Crippen molar-refractivity contribution in [1.29, 1.82) is 0 Å². The number of hydrazone groups is 1. The lowest BCUT2D eigenvalue weighted by molar-refractivity contribution is -0.137. The van der Waals surface area contributed by atoms with Crippen molar-refractivity contribution < 1.29 is 9.59 Å². The molecule has 3 heterocycles. The Hall–Kier alpha value is -3.49. The molecule has 9 heteroatoms. The standard InChI is InChI=1S/C19H19N5O4/c1-10-12(16(25)23(4)19(28)21(10)2)14-13-15(18(27)22(3)17(13)26)24(20-14)11-8-6-5-7-9-11/h5-9,13,15H,1-4H3. The second-order valence-electron chi connectivity index (χ2n) is 6.99. The molecule has 144 valence electrons. The highest BCUT2D eigenvalue weighted by molar-refractivity contribution is 6.25. The Morgan fingerprint density at radius 1 is 0.893 bits per heavy atom.